The summed E-state index contributed by atoms with van der Waals surface area (Å²) in [4.78, 5) is 20.0. The Morgan fingerprint density at radius 3 is 1.80 bits per heavy atom. The lowest BCUT2D eigenvalue weighted by molar-refractivity contribution is 0.669. The summed E-state index contributed by atoms with van der Waals surface area (Å²) in [5.41, 5.74) is 8.62. The van der Waals surface area contributed by atoms with Crippen LogP contribution in [0.3, 0.4) is 0 Å². The smallest absolute Gasteiger partial charge is 0.182 e. The average Bonchev–Trinajstić information content (AvgIpc) is 3.74. The molecule has 6 nitrogen and oxygen atoms in total. The quantitative estimate of drug-likeness (QED) is 0.187. The maximum absolute atomic E-state index is 6.24. The van der Waals surface area contributed by atoms with E-state index in [9.17, 15) is 0 Å². The molecule has 0 fully saturated rings. The number of hydrogen-bond donors (Lipinski definition) is 0. The first-order valence-corrected chi connectivity index (χ1v) is 16.6. The molecule has 4 aromatic heterocycles. The van der Waals surface area contributed by atoms with E-state index in [0.717, 1.165) is 71.8 Å². The zero-order chi connectivity index (χ0) is 33.0. The summed E-state index contributed by atoms with van der Waals surface area (Å²) in [6, 6.07) is 55.7. The molecule has 0 unspecified atom stereocenters. The van der Waals surface area contributed by atoms with Crippen molar-refractivity contribution in [3.8, 4) is 51.2 Å². The van der Waals surface area contributed by atoms with Gasteiger partial charge in [0.1, 0.15) is 22.7 Å². The van der Waals surface area contributed by atoms with Crippen LogP contribution in [-0.4, -0.2) is 24.5 Å². The summed E-state index contributed by atoms with van der Waals surface area (Å²) in [7, 11) is 0. The van der Waals surface area contributed by atoms with Gasteiger partial charge in [0.2, 0.25) is 0 Å². The fraction of sp³-hybridized carbons (Fsp3) is 0. The molecule has 0 bridgehead atoms. The van der Waals surface area contributed by atoms with Crippen LogP contribution in [0, 0.1) is 0 Å². The topological polar surface area (TPSA) is 69.6 Å². The van der Waals surface area contributed by atoms with E-state index < -0.39 is 0 Å². The van der Waals surface area contributed by atoms with Gasteiger partial charge in [0.25, 0.3) is 0 Å². The number of aromatic nitrogens is 5. The minimum atomic E-state index is 0.513. The molecule has 10 aromatic rings. The third kappa shape index (κ3) is 4.58. The second-order valence-corrected chi connectivity index (χ2v) is 12.3. The monoisotopic (exact) mass is 641 g/mol. The van der Waals surface area contributed by atoms with Crippen molar-refractivity contribution in [1.29, 1.82) is 0 Å². The van der Waals surface area contributed by atoms with Crippen LogP contribution in [0.15, 0.2) is 168 Å². The molecule has 0 aliphatic heterocycles. The van der Waals surface area contributed by atoms with Gasteiger partial charge in [0.05, 0.1) is 11.0 Å². The summed E-state index contributed by atoms with van der Waals surface area (Å²) in [6.45, 7) is 0. The summed E-state index contributed by atoms with van der Waals surface area (Å²) in [5.74, 6) is 2.49. The van der Waals surface area contributed by atoms with Gasteiger partial charge in [0.15, 0.2) is 17.5 Å². The number of para-hydroxylation sites is 2. The van der Waals surface area contributed by atoms with E-state index in [1.165, 1.54) is 0 Å². The lowest BCUT2D eigenvalue weighted by Crippen LogP contribution is -2.03. The van der Waals surface area contributed by atoms with Gasteiger partial charge < -0.3 is 4.42 Å². The zero-order valence-electron chi connectivity index (χ0n) is 26.7. The van der Waals surface area contributed by atoms with Crippen molar-refractivity contribution in [3.63, 3.8) is 0 Å². The second-order valence-electron chi connectivity index (χ2n) is 12.3. The van der Waals surface area contributed by atoms with Gasteiger partial charge in [-0.25, -0.2) is 19.9 Å². The Morgan fingerprint density at radius 2 is 1.02 bits per heavy atom. The summed E-state index contributed by atoms with van der Waals surface area (Å²) < 4.78 is 8.48. The summed E-state index contributed by atoms with van der Waals surface area (Å²) in [5, 5.41) is 4.53. The first-order valence-electron chi connectivity index (χ1n) is 16.6. The van der Waals surface area contributed by atoms with E-state index >= 15 is 0 Å². The number of pyridine rings is 1. The SMILES string of the molecule is c1ccc(-c2nc(-c3ccccc3)nc(-c3cccc(-n4c5ccccc5c5ccc(-c6cccc7oc8ccccc8c67)cc54)n3)n2)cc1. The maximum atomic E-state index is 6.24. The Labute approximate surface area is 287 Å². The number of benzene rings is 6. The zero-order valence-corrected chi connectivity index (χ0v) is 26.7. The Balaban J connectivity index is 1.18. The highest BCUT2D eigenvalue weighted by atomic mass is 16.3. The molecule has 234 valence electrons. The molecule has 0 saturated heterocycles. The number of fused-ring (bicyclic) bond motifs is 6. The Kier molecular flexibility index (Phi) is 6.39. The van der Waals surface area contributed by atoms with Crippen LogP contribution in [0.2, 0.25) is 0 Å². The molecular weight excluding hydrogens is 615 g/mol. The first kappa shape index (κ1) is 28.1. The highest BCUT2D eigenvalue weighted by Gasteiger charge is 2.18. The highest BCUT2D eigenvalue weighted by Crippen LogP contribution is 2.39. The van der Waals surface area contributed by atoms with Crippen LogP contribution in [-0.2, 0) is 0 Å². The average molecular weight is 642 g/mol. The van der Waals surface area contributed by atoms with Crippen LogP contribution < -0.4 is 0 Å². The van der Waals surface area contributed by atoms with Gasteiger partial charge in [-0.05, 0) is 47.5 Å². The Morgan fingerprint density at radius 1 is 0.400 bits per heavy atom. The predicted molar refractivity (Wildman–Crippen MR) is 201 cm³/mol. The largest absolute Gasteiger partial charge is 0.456 e. The summed E-state index contributed by atoms with van der Waals surface area (Å²) in [6.07, 6.45) is 0. The van der Waals surface area contributed by atoms with E-state index in [1.807, 2.05) is 97.1 Å². The van der Waals surface area contributed by atoms with E-state index in [-0.39, 0.29) is 0 Å². The van der Waals surface area contributed by atoms with Gasteiger partial charge in [-0.15, -0.1) is 0 Å². The lowest BCUT2D eigenvalue weighted by atomic mass is 9.98. The van der Waals surface area contributed by atoms with Crippen molar-refractivity contribution in [1.82, 2.24) is 24.5 Å². The maximum Gasteiger partial charge on any atom is 0.182 e. The van der Waals surface area contributed by atoms with E-state index in [1.54, 1.807) is 0 Å². The molecule has 50 heavy (non-hydrogen) atoms. The molecule has 0 saturated carbocycles. The number of rotatable bonds is 5. The van der Waals surface area contributed by atoms with E-state index in [4.69, 9.17) is 24.4 Å². The number of hydrogen-bond acceptors (Lipinski definition) is 5. The van der Waals surface area contributed by atoms with Crippen molar-refractivity contribution in [2.24, 2.45) is 0 Å². The fourth-order valence-corrected chi connectivity index (χ4v) is 7.00. The van der Waals surface area contributed by atoms with Gasteiger partial charge in [-0.1, -0.05) is 127 Å². The van der Waals surface area contributed by atoms with Crippen LogP contribution in [0.4, 0.5) is 0 Å². The molecular formula is C44H27N5O. The van der Waals surface area contributed by atoms with Crippen molar-refractivity contribution >= 4 is 43.7 Å². The number of furan rings is 1. The minimum absolute atomic E-state index is 0.513. The molecule has 4 heterocycles. The molecule has 0 aliphatic carbocycles. The van der Waals surface area contributed by atoms with Crippen molar-refractivity contribution in [2.45, 2.75) is 0 Å². The lowest BCUT2D eigenvalue weighted by Gasteiger charge is -2.11. The van der Waals surface area contributed by atoms with Gasteiger partial charge >= 0.3 is 0 Å². The van der Waals surface area contributed by atoms with Crippen molar-refractivity contribution < 1.29 is 4.42 Å². The molecule has 6 aromatic carbocycles. The molecule has 0 amide bonds. The fourth-order valence-electron chi connectivity index (χ4n) is 7.00. The van der Waals surface area contributed by atoms with Gasteiger partial charge in [0, 0.05) is 32.7 Å². The second kappa shape index (κ2) is 11.4. The molecule has 0 aliphatic rings. The van der Waals surface area contributed by atoms with E-state index in [0.29, 0.717) is 23.2 Å². The molecule has 0 spiro atoms. The normalized spacial score (nSPS) is 11.6. The molecule has 0 atom stereocenters. The number of nitrogens with zero attached hydrogens (tertiary/aromatic N) is 5. The minimum Gasteiger partial charge on any atom is -0.456 e. The van der Waals surface area contributed by atoms with Crippen LogP contribution in [0.1, 0.15) is 0 Å². The van der Waals surface area contributed by atoms with E-state index in [2.05, 4.69) is 71.3 Å². The third-order valence-corrected chi connectivity index (χ3v) is 9.28. The third-order valence-electron chi connectivity index (χ3n) is 9.28. The van der Waals surface area contributed by atoms with Gasteiger partial charge in [-0.3, -0.25) is 4.57 Å². The highest BCUT2D eigenvalue weighted by molar-refractivity contribution is 6.14. The van der Waals surface area contributed by atoms with Crippen LogP contribution in [0.5, 0.6) is 0 Å². The molecule has 6 heteroatoms. The van der Waals surface area contributed by atoms with Crippen LogP contribution in [0.25, 0.3) is 95.0 Å². The Hall–Kier alpha value is -6.92. The molecule has 0 N–H and O–H groups in total. The summed E-state index contributed by atoms with van der Waals surface area (Å²) >= 11 is 0. The molecule has 10 rings (SSSR count). The van der Waals surface area contributed by atoms with Crippen LogP contribution >= 0.6 is 0 Å². The molecule has 0 radical (unpaired) electrons. The first-order chi connectivity index (χ1) is 24.8. The van der Waals surface area contributed by atoms with Gasteiger partial charge in [-0.2, -0.15) is 0 Å². The van der Waals surface area contributed by atoms with Crippen molar-refractivity contribution in [2.75, 3.05) is 0 Å². The Bertz CT molecular complexity index is 2820. The standard InChI is InChI=1S/C44H27N5O/c1-3-13-28(14-4-1)42-46-43(29-15-5-2-6-16-29)48-44(47-42)35-20-12-24-40(45-35)49-36-21-9-7-17-32(36)33-26-25-30(27-37(33)49)31-19-11-23-39-41(31)34-18-8-10-22-38(34)50-39/h1-27H. The van der Waals surface area contributed by atoms with Crippen molar-refractivity contribution in [3.05, 3.63) is 164 Å². The predicted octanol–water partition coefficient (Wildman–Crippen LogP) is 10.9.